The Labute approximate surface area is 201 Å². The van der Waals surface area contributed by atoms with Crippen LogP contribution in [0.4, 0.5) is 5.69 Å². The average molecular weight is 535 g/mol. The number of carbonyl (C=O) groups is 3. The minimum absolute atomic E-state index is 0.0475. The van der Waals surface area contributed by atoms with Crippen LogP contribution in [0.15, 0.2) is 51.1 Å². The van der Waals surface area contributed by atoms with E-state index in [-0.39, 0.29) is 46.0 Å². The van der Waals surface area contributed by atoms with Crippen LogP contribution in [-0.4, -0.2) is 53.7 Å². The number of nitrogens with zero attached hydrogens (tertiary/aromatic N) is 2. The molecule has 1 heterocycles. The number of nitrogens with one attached hydrogen (secondary N) is 2. The van der Waals surface area contributed by atoms with Crippen molar-refractivity contribution < 1.29 is 29.0 Å². The van der Waals surface area contributed by atoms with Crippen molar-refractivity contribution in [3.63, 3.8) is 0 Å². The lowest BCUT2D eigenvalue weighted by molar-refractivity contribution is -0.122. The molecule has 10 nitrogen and oxygen atoms in total. The average Bonchev–Trinajstić information content (AvgIpc) is 3.13. The Morgan fingerprint density at radius 3 is 2.58 bits per heavy atom. The fraction of sp³-hybridized carbons (Fsp3) is 0.190. The molecule has 3 N–H and O–H groups in total. The molecule has 172 valence electrons. The lowest BCUT2D eigenvalue weighted by Gasteiger charge is -2.11. The lowest BCUT2D eigenvalue weighted by atomic mass is 10.1. The largest absolute Gasteiger partial charge is 0.493 e. The van der Waals surface area contributed by atoms with E-state index in [9.17, 15) is 19.5 Å². The lowest BCUT2D eigenvalue weighted by Crippen LogP contribution is -2.28. The second kappa shape index (κ2) is 11.0. The Hall–Kier alpha value is -3.38. The van der Waals surface area contributed by atoms with Crippen LogP contribution in [0.25, 0.3) is 0 Å². The Kier molecular flexibility index (Phi) is 8.06. The molecule has 2 aromatic rings. The molecule has 1 aliphatic heterocycles. The molecule has 2 aromatic carbocycles. The first-order valence-corrected chi connectivity index (χ1v) is 11.1. The molecule has 0 spiro atoms. The molecular weight excluding hydrogens is 516 g/mol. The summed E-state index contributed by atoms with van der Waals surface area (Å²) in [5, 5.41) is 22.2. The molecule has 1 atom stereocenters. The molecule has 12 heteroatoms. The molecule has 1 fully saturated rings. The number of carboxylic acids is 1. The summed E-state index contributed by atoms with van der Waals surface area (Å²) in [6.45, 7) is 0. The van der Waals surface area contributed by atoms with Gasteiger partial charge in [-0.2, -0.15) is 5.10 Å². The first-order valence-electron chi connectivity index (χ1n) is 9.44. The number of methoxy groups -OCH3 is 2. The van der Waals surface area contributed by atoms with Gasteiger partial charge in [0.25, 0.3) is 0 Å². The van der Waals surface area contributed by atoms with Crippen molar-refractivity contribution in [1.82, 2.24) is 5.32 Å². The van der Waals surface area contributed by atoms with E-state index < -0.39 is 11.2 Å². The van der Waals surface area contributed by atoms with Crippen molar-refractivity contribution >= 4 is 62.5 Å². The number of amides is 2. The summed E-state index contributed by atoms with van der Waals surface area (Å²) in [5.74, 6) is -1.58. The van der Waals surface area contributed by atoms with Gasteiger partial charge in [0, 0.05) is 22.1 Å². The van der Waals surface area contributed by atoms with Crippen molar-refractivity contribution in [1.29, 1.82) is 0 Å². The van der Waals surface area contributed by atoms with Crippen LogP contribution in [-0.2, 0) is 9.59 Å². The van der Waals surface area contributed by atoms with Crippen LogP contribution in [0.2, 0.25) is 0 Å². The van der Waals surface area contributed by atoms with E-state index >= 15 is 0 Å². The van der Waals surface area contributed by atoms with E-state index in [4.69, 9.17) is 9.47 Å². The monoisotopic (exact) mass is 534 g/mol. The Morgan fingerprint density at radius 2 is 1.94 bits per heavy atom. The van der Waals surface area contributed by atoms with E-state index in [0.717, 1.165) is 16.2 Å². The van der Waals surface area contributed by atoms with Gasteiger partial charge < -0.3 is 25.2 Å². The van der Waals surface area contributed by atoms with Gasteiger partial charge in [-0.05, 0) is 36.4 Å². The van der Waals surface area contributed by atoms with Crippen LogP contribution < -0.4 is 20.1 Å². The van der Waals surface area contributed by atoms with Gasteiger partial charge in [-0.3, -0.25) is 9.59 Å². The normalized spacial score (nSPS) is 16.6. The maximum absolute atomic E-state index is 12.3. The third-order valence-electron chi connectivity index (χ3n) is 4.41. The zero-order valence-electron chi connectivity index (χ0n) is 17.5. The smallest absolute Gasteiger partial charge is 0.340 e. The van der Waals surface area contributed by atoms with Gasteiger partial charge in [-0.25, -0.2) is 4.79 Å². The highest BCUT2D eigenvalue weighted by molar-refractivity contribution is 9.10. The van der Waals surface area contributed by atoms with Crippen LogP contribution in [0, 0.1) is 0 Å². The number of rotatable bonds is 8. The number of carbonyl (C=O) groups excluding carboxylic acids is 2. The van der Waals surface area contributed by atoms with Crippen molar-refractivity contribution in [3.8, 4) is 11.5 Å². The van der Waals surface area contributed by atoms with Crippen molar-refractivity contribution in [3.05, 3.63) is 52.0 Å². The predicted molar refractivity (Wildman–Crippen MR) is 128 cm³/mol. The van der Waals surface area contributed by atoms with Gasteiger partial charge in [-0.15, -0.1) is 5.10 Å². The molecule has 0 bridgehead atoms. The molecule has 33 heavy (non-hydrogen) atoms. The number of aromatic carboxylic acids is 1. The second-order valence-corrected chi connectivity index (χ2v) is 8.68. The summed E-state index contributed by atoms with van der Waals surface area (Å²) in [5.41, 5.74) is 0.727. The van der Waals surface area contributed by atoms with Gasteiger partial charge in [0.05, 0.1) is 20.4 Å². The zero-order valence-corrected chi connectivity index (χ0v) is 19.9. The molecule has 1 aliphatic rings. The molecule has 3 rings (SSSR count). The first kappa shape index (κ1) is 24.3. The number of thioether (sulfide) groups is 1. The third-order valence-corrected chi connectivity index (χ3v) is 6.01. The fourth-order valence-corrected chi connectivity index (χ4v) is 4.10. The third kappa shape index (κ3) is 6.11. The summed E-state index contributed by atoms with van der Waals surface area (Å²) in [6.07, 6.45) is 1.19. The molecular formula is C21H19BrN4O6S. The van der Waals surface area contributed by atoms with Gasteiger partial charge in [0.15, 0.2) is 16.7 Å². The topological polar surface area (TPSA) is 139 Å². The quantitative estimate of drug-likeness (QED) is 0.349. The number of amidine groups is 1. The summed E-state index contributed by atoms with van der Waals surface area (Å²) in [4.78, 5) is 36.1. The molecule has 0 aliphatic carbocycles. The molecule has 2 amide bonds. The van der Waals surface area contributed by atoms with Crippen LogP contribution in [0.5, 0.6) is 11.5 Å². The second-order valence-electron chi connectivity index (χ2n) is 6.58. The van der Waals surface area contributed by atoms with E-state index in [2.05, 4.69) is 36.8 Å². The summed E-state index contributed by atoms with van der Waals surface area (Å²) in [6, 6.07) is 10.1. The van der Waals surface area contributed by atoms with Crippen molar-refractivity contribution in [2.24, 2.45) is 10.2 Å². The standard InChI is InChI=1S/C21H19BrN4O6S/c1-31-14-8-3-11(17(20(29)30)18(14)32-2)10-23-26-21-25-19(28)15(33-21)9-16(27)24-13-6-4-12(22)5-7-13/h3-8,10,15H,9H2,1-2H3,(H,24,27)(H,29,30)(H,25,26,28)/b23-10-/t15-/m0/s1. The number of hydrogen-bond donors (Lipinski definition) is 3. The Bertz CT molecular complexity index is 1140. The molecule has 0 aromatic heterocycles. The maximum Gasteiger partial charge on any atom is 0.340 e. The summed E-state index contributed by atoms with van der Waals surface area (Å²) < 4.78 is 11.2. The molecule has 1 saturated heterocycles. The van der Waals surface area contributed by atoms with Crippen LogP contribution in [0.3, 0.4) is 0 Å². The van der Waals surface area contributed by atoms with E-state index in [0.29, 0.717) is 5.69 Å². The highest BCUT2D eigenvalue weighted by atomic mass is 79.9. The van der Waals surface area contributed by atoms with Crippen LogP contribution >= 0.6 is 27.7 Å². The Morgan fingerprint density at radius 1 is 1.21 bits per heavy atom. The minimum atomic E-state index is -1.22. The number of anilines is 1. The summed E-state index contributed by atoms with van der Waals surface area (Å²) >= 11 is 4.39. The number of hydrogen-bond acceptors (Lipinski definition) is 8. The molecule has 0 radical (unpaired) electrons. The van der Waals surface area contributed by atoms with Crippen LogP contribution in [0.1, 0.15) is 22.3 Å². The van der Waals surface area contributed by atoms with Gasteiger partial charge in [0.2, 0.25) is 11.8 Å². The highest BCUT2D eigenvalue weighted by Crippen LogP contribution is 2.33. The molecule has 0 unspecified atom stereocenters. The SMILES string of the molecule is COc1ccc(/C=N\N=C2/NC(=O)[C@H](CC(=O)Nc3ccc(Br)cc3)S2)c(C(=O)O)c1OC. The molecule has 0 saturated carbocycles. The number of ether oxygens (including phenoxy) is 2. The highest BCUT2D eigenvalue weighted by Gasteiger charge is 2.32. The first-order chi connectivity index (χ1) is 15.8. The zero-order chi connectivity index (χ0) is 24.0. The predicted octanol–water partition coefficient (Wildman–Crippen LogP) is 3.11. The van der Waals surface area contributed by atoms with Gasteiger partial charge >= 0.3 is 5.97 Å². The van der Waals surface area contributed by atoms with Crippen molar-refractivity contribution in [2.45, 2.75) is 11.7 Å². The van der Waals surface area contributed by atoms with E-state index in [1.165, 1.54) is 26.5 Å². The van der Waals surface area contributed by atoms with Gasteiger partial charge in [-0.1, -0.05) is 27.7 Å². The van der Waals surface area contributed by atoms with Gasteiger partial charge in [0.1, 0.15) is 10.8 Å². The number of halogens is 1. The summed E-state index contributed by atoms with van der Waals surface area (Å²) in [7, 11) is 2.74. The fourth-order valence-electron chi connectivity index (χ4n) is 2.91. The number of carboxylic acid groups (broad SMARTS) is 1. The minimum Gasteiger partial charge on any atom is -0.493 e. The Balaban J connectivity index is 1.67. The number of benzene rings is 2. The van der Waals surface area contributed by atoms with E-state index in [1.54, 1.807) is 30.3 Å². The van der Waals surface area contributed by atoms with Crippen molar-refractivity contribution in [2.75, 3.05) is 19.5 Å². The maximum atomic E-state index is 12.3. The van der Waals surface area contributed by atoms with E-state index in [1.807, 2.05) is 0 Å².